The molecule has 0 amide bonds. The number of halogens is 2. The first kappa shape index (κ1) is 9.03. The predicted molar refractivity (Wildman–Crippen MR) is 54.6 cm³/mol. The second kappa shape index (κ2) is 4.09. The minimum atomic E-state index is 0.805. The monoisotopic (exact) mass is 278 g/mol. The van der Waals surface area contributed by atoms with E-state index in [0.29, 0.717) is 0 Å². The molecule has 0 aromatic heterocycles. The fourth-order valence-corrected chi connectivity index (χ4v) is 1.65. The summed E-state index contributed by atoms with van der Waals surface area (Å²) >= 11 is 6.72. The summed E-state index contributed by atoms with van der Waals surface area (Å²) in [5.74, 6) is 5.30. The van der Waals surface area contributed by atoms with E-state index in [1.807, 2.05) is 18.2 Å². The summed E-state index contributed by atoms with van der Waals surface area (Å²) in [6.07, 6.45) is 0. The summed E-state index contributed by atoms with van der Waals surface area (Å²) in [4.78, 5) is 0. The SMILES string of the molecule is NNc1cc(Br)ccc1CBr. The molecule has 11 heavy (non-hydrogen) atoms. The largest absolute Gasteiger partial charge is 0.324 e. The minimum absolute atomic E-state index is 0.805. The molecule has 1 aromatic carbocycles. The van der Waals surface area contributed by atoms with Crippen molar-refractivity contribution < 1.29 is 0 Å². The van der Waals surface area contributed by atoms with Crippen LogP contribution in [-0.2, 0) is 5.33 Å². The molecule has 0 unspecified atom stereocenters. The molecule has 1 rings (SSSR count). The van der Waals surface area contributed by atoms with Gasteiger partial charge >= 0.3 is 0 Å². The van der Waals surface area contributed by atoms with Gasteiger partial charge in [-0.2, -0.15) is 0 Å². The quantitative estimate of drug-likeness (QED) is 0.496. The molecular formula is C7H8Br2N2. The van der Waals surface area contributed by atoms with Crippen molar-refractivity contribution in [3.8, 4) is 0 Å². The first-order chi connectivity index (χ1) is 5.27. The summed E-state index contributed by atoms with van der Waals surface area (Å²) < 4.78 is 1.02. The van der Waals surface area contributed by atoms with E-state index in [1.165, 1.54) is 0 Å². The van der Waals surface area contributed by atoms with Crippen molar-refractivity contribution in [2.24, 2.45) is 5.84 Å². The Morgan fingerprint density at radius 2 is 2.18 bits per heavy atom. The number of anilines is 1. The van der Waals surface area contributed by atoms with E-state index in [-0.39, 0.29) is 0 Å². The topological polar surface area (TPSA) is 38.0 Å². The Labute approximate surface area is 82.4 Å². The molecule has 2 nitrogen and oxygen atoms in total. The van der Waals surface area contributed by atoms with E-state index in [0.717, 1.165) is 21.1 Å². The number of nitrogens with one attached hydrogen (secondary N) is 1. The van der Waals surface area contributed by atoms with E-state index >= 15 is 0 Å². The summed E-state index contributed by atoms with van der Waals surface area (Å²) in [5, 5.41) is 0.805. The van der Waals surface area contributed by atoms with Gasteiger partial charge < -0.3 is 5.43 Å². The van der Waals surface area contributed by atoms with Crippen molar-refractivity contribution in [1.29, 1.82) is 0 Å². The highest BCUT2D eigenvalue weighted by atomic mass is 79.9. The lowest BCUT2D eigenvalue weighted by Gasteiger charge is -2.05. The van der Waals surface area contributed by atoms with Crippen molar-refractivity contribution in [3.05, 3.63) is 28.2 Å². The molecule has 0 aliphatic heterocycles. The Bertz CT molecular complexity index is 250. The van der Waals surface area contributed by atoms with Gasteiger partial charge in [-0.05, 0) is 17.7 Å². The fourth-order valence-electron chi connectivity index (χ4n) is 0.800. The summed E-state index contributed by atoms with van der Waals surface area (Å²) in [5.41, 5.74) is 4.72. The number of alkyl halides is 1. The Hall–Kier alpha value is -0.0600. The van der Waals surface area contributed by atoms with Gasteiger partial charge in [-0.1, -0.05) is 37.9 Å². The molecule has 0 saturated carbocycles. The van der Waals surface area contributed by atoms with E-state index in [1.54, 1.807) is 0 Å². The van der Waals surface area contributed by atoms with Crippen LogP contribution >= 0.6 is 31.9 Å². The van der Waals surface area contributed by atoms with Crippen LogP contribution in [0.25, 0.3) is 0 Å². The molecule has 0 heterocycles. The van der Waals surface area contributed by atoms with Gasteiger partial charge in [-0.15, -0.1) is 0 Å². The number of hydrogen-bond donors (Lipinski definition) is 2. The molecule has 0 saturated heterocycles. The standard InChI is InChI=1S/C7H8Br2N2/c8-4-5-1-2-6(9)3-7(5)11-10/h1-3,11H,4,10H2. The normalized spacial score (nSPS) is 9.73. The highest BCUT2D eigenvalue weighted by Crippen LogP contribution is 2.22. The Balaban J connectivity index is 3.06. The first-order valence-corrected chi connectivity index (χ1v) is 5.00. The van der Waals surface area contributed by atoms with Gasteiger partial charge in [0.2, 0.25) is 0 Å². The molecule has 60 valence electrons. The van der Waals surface area contributed by atoms with Gasteiger partial charge in [0, 0.05) is 9.80 Å². The van der Waals surface area contributed by atoms with Crippen LogP contribution in [0.15, 0.2) is 22.7 Å². The third kappa shape index (κ3) is 2.18. The average Bonchev–Trinajstić information content (AvgIpc) is 2.04. The van der Waals surface area contributed by atoms with E-state index in [2.05, 4.69) is 37.3 Å². The van der Waals surface area contributed by atoms with Crippen LogP contribution < -0.4 is 11.3 Å². The summed E-state index contributed by atoms with van der Waals surface area (Å²) in [7, 11) is 0. The number of hydrogen-bond acceptors (Lipinski definition) is 2. The third-order valence-corrected chi connectivity index (χ3v) is 2.47. The molecule has 0 spiro atoms. The molecule has 0 atom stereocenters. The number of rotatable bonds is 2. The maximum Gasteiger partial charge on any atom is 0.0536 e. The molecule has 3 N–H and O–H groups in total. The van der Waals surface area contributed by atoms with Crippen LogP contribution in [0.4, 0.5) is 5.69 Å². The molecule has 0 bridgehead atoms. The number of nitrogen functional groups attached to an aromatic ring is 1. The van der Waals surface area contributed by atoms with Gasteiger partial charge in [-0.3, -0.25) is 5.84 Å². The minimum Gasteiger partial charge on any atom is -0.324 e. The van der Waals surface area contributed by atoms with E-state index in [4.69, 9.17) is 5.84 Å². The molecule has 0 aliphatic rings. The van der Waals surface area contributed by atoms with Crippen LogP contribution in [0.1, 0.15) is 5.56 Å². The molecular weight excluding hydrogens is 272 g/mol. The van der Waals surface area contributed by atoms with Gasteiger partial charge in [0.05, 0.1) is 5.69 Å². The van der Waals surface area contributed by atoms with Crippen molar-refractivity contribution in [3.63, 3.8) is 0 Å². The smallest absolute Gasteiger partial charge is 0.0536 e. The lowest BCUT2D eigenvalue weighted by molar-refractivity contribution is 1.30. The zero-order valence-electron chi connectivity index (χ0n) is 5.77. The zero-order chi connectivity index (χ0) is 8.27. The molecule has 0 aliphatic carbocycles. The van der Waals surface area contributed by atoms with Crippen LogP contribution in [0, 0.1) is 0 Å². The molecule has 0 fully saturated rings. The van der Waals surface area contributed by atoms with Gasteiger partial charge in [0.1, 0.15) is 0 Å². The third-order valence-electron chi connectivity index (χ3n) is 1.37. The van der Waals surface area contributed by atoms with Gasteiger partial charge in [0.15, 0.2) is 0 Å². The van der Waals surface area contributed by atoms with Gasteiger partial charge in [0.25, 0.3) is 0 Å². The highest BCUT2D eigenvalue weighted by Gasteiger charge is 1.98. The number of nitrogens with two attached hydrogens (primary N) is 1. The maximum atomic E-state index is 5.30. The molecule has 4 heteroatoms. The highest BCUT2D eigenvalue weighted by molar-refractivity contribution is 9.10. The summed E-state index contributed by atoms with van der Waals surface area (Å²) in [6.45, 7) is 0. The van der Waals surface area contributed by atoms with Crippen LogP contribution in [0.2, 0.25) is 0 Å². The maximum absolute atomic E-state index is 5.30. The van der Waals surface area contributed by atoms with Crippen LogP contribution in [0.3, 0.4) is 0 Å². The van der Waals surface area contributed by atoms with Crippen molar-refractivity contribution >= 4 is 37.5 Å². The second-order valence-corrected chi connectivity index (χ2v) is 3.56. The fraction of sp³-hybridized carbons (Fsp3) is 0.143. The lowest BCUT2D eigenvalue weighted by Crippen LogP contribution is -2.08. The lowest BCUT2D eigenvalue weighted by atomic mass is 10.2. The van der Waals surface area contributed by atoms with Gasteiger partial charge in [-0.25, -0.2) is 0 Å². The van der Waals surface area contributed by atoms with Crippen molar-refractivity contribution in [1.82, 2.24) is 0 Å². The van der Waals surface area contributed by atoms with E-state index < -0.39 is 0 Å². The Kier molecular flexibility index (Phi) is 3.36. The summed E-state index contributed by atoms with van der Waals surface area (Å²) in [6, 6.07) is 5.93. The zero-order valence-corrected chi connectivity index (χ0v) is 8.94. The number of hydrazine groups is 1. The van der Waals surface area contributed by atoms with E-state index in [9.17, 15) is 0 Å². The van der Waals surface area contributed by atoms with Crippen molar-refractivity contribution in [2.75, 3.05) is 5.43 Å². The number of benzene rings is 1. The molecule has 0 radical (unpaired) electrons. The van der Waals surface area contributed by atoms with Crippen LogP contribution in [-0.4, -0.2) is 0 Å². The van der Waals surface area contributed by atoms with Crippen LogP contribution in [0.5, 0.6) is 0 Å². The second-order valence-electron chi connectivity index (χ2n) is 2.08. The first-order valence-electron chi connectivity index (χ1n) is 3.09. The Morgan fingerprint density at radius 1 is 1.45 bits per heavy atom. The predicted octanol–water partition coefficient (Wildman–Crippen LogP) is 2.63. The van der Waals surface area contributed by atoms with Crippen molar-refractivity contribution in [2.45, 2.75) is 5.33 Å². The molecule has 1 aromatic rings. The average molecular weight is 280 g/mol. The Morgan fingerprint density at radius 3 is 2.73 bits per heavy atom.